The molecule has 0 amide bonds. The minimum atomic E-state index is -3.91. The lowest BCUT2D eigenvalue weighted by molar-refractivity contribution is 0.0964. The van der Waals surface area contributed by atoms with Gasteiger partial charge in [-0.25, -0.2) is 13.6 Å². The molecule has 1 aromatic rings. The minimum absolute atomic E-state index is 0.0686. The van der Waals surface area contributed by atoms with Crippen LogP contribution in [0.2, 0.25) is 0 Å². The number of hydrogen-bond donors (Lipinski definition) is 1. The first kappa shape index (κ1) is 14.3. The molecule has 0 spiro atoms. The molecule has 7 heteroatoms. The van der Waals surface area contributed by atoms with Crippen LogP contribution in [0.4, 0.5) is 0 Å². The Bertz CT molecular complexity index is 748. The van der Waals surface area contributed by atoms with Crippen LogP contribution in [0.3, 0.4) is 0 Å². The fourth-order valence-corrected chi connectivity index (χ4v) is 2.45. The molecule has 0 unspecified atom stereocenters. The zero-order valence-corrected chi connectivity index (χ0v) is 11.3. The summed E-state index contributed by atoms with van der Waals surface area (Å²) in [5.41, 5.74) is 0.376. The molecule has 0 atom stereocenters. The molecule has 0 aliphatic heterocycles. The van der Waals surface area contributed by atoms with E-state index in [0.717, 1.165) is 6.07 Å². The van der Waals surface area contributed by atoms with Crippen molar-refractivity contribution < 1.29 is 18.0 Å². The van der Waals surface area contributed by atoms with Crippen molar-refractivity contribution in [2.45, 2.75) is 11.3 Å². The van der Waals surface area contributed by atoms with Crippen molar-refractivity contribution in [3.63, 3.8) is 0 Å². The van der Waals surface area contributed by atoms with E-state index in [1.165, 1.54) is 18.2 Å². The second-order valence-corrected chi connectivity index (χ2v) is 5.82. The quantitative estimate of drug-likeness (QED) is 0.828. The van der Waals surface area contributed by atoms with Gasteiger partial charge in [0.05, 0.1) is 23.6 Å². The second-order valence-electron chi connectivity index (χ2n) is 4.26. The summed E-state index contributed by atoms with van der Waals surface area (Å²) in [6.45, 7) is 3.74. The van der Waals surface area contributed by atoms with Gasteiger partial charge in [-0.3, -0.25) is 14.6 Å². The van der Waals surface area contributed by atoms with E-state index in [4.69, 9.17) is 5.14 Å². The van der Waals surface area contributed by atoms with Crippen LogP contribution in [0.15, 0.2) is 40.7 Å². The van der Waals surface area contributed by atoms with Crippen LogP contribution in [-0.2, 0) is 10.0 Å². The molecule has 0 fully saturated rings. The number of nitrogens with zero attached hydrogens (tertiary/aromatic N) is 1. The zero-order chi connectivity index (χ0) is 14.9. The number of sulfonamides is 1. The number of rotatable bonds is 3. The minimum Gasteiger partial charge on any atom is -0.294 e. The average molecular weight is 292 g/mol. The number of benzene rings is 1. The van der Waals surface area contributed by atoms with Gasteiger partial charge in [0.2, 0.25) is 15.8 Å². The molecule has 0 bridgehead atoms. The first-order valence-electron chi connectivity index (χ1n) is 5.73. The van der Waals surface area contributed by atoms with Crippen LogP contribution in [0, 0.1) is 0 Å². The van der Waals surface area contributed by atoms with Crippen molar-refractivity contribution >= 4 is 27.3 Å². The van der Waals surface area contributed by atoms with E-state index in [2.05, 4.69) is 11.6 Å². The van der Waals surface area contributed by atoms with Gasteiger partial charge in [0.25, 0.3) is 0 Å². The van der Waals surface area contributed by atoms with Crippen molar-refractivity contribution in [2.24, 2.45) is 10.1 Å². The largest absolute Gasteiger partial charge is 0.294 e. The summed E-state index contributed by atoms with van der Waals surface area (Å²) in [4.78, 5) is 27.9. The molecule has 2 N–H and O–H groups in total. The average Bonchev–Trinajstić information content (AvgIpc) is 2.39. The van der Waals surface area contributed by atoms with Crippen LogP contribution in [0.1, 0.15) is 27.1 Å². The van der Waals surface area contributed by atoms with Gasteiger partial charge in [0.1, 0.15) is 0 Å². The monoisotopic (exact) mass is 292 g/mol. The number of hydrogen-bond acceptors (Lipinski definition) is 5. The number of nitrogens with two attached hydrogens (primary N) is 1. The smallest absolute Gasteiger partial charge is 0.238 e. The number of aliphatic imine (C=N–C) groups is 1. The molecule has 20 heavy (non-hydrogen) atoms. The highest BCUT2D eigenvalue weighted by Crippen LogP contribution is 2.23. The van der Waals surface area contributed by atoms with E-state index in [1.807, 2.05) is 0 Å². The highest BCUT2D eigenvalue weighted by Gasteiger charge is 2.30. The Morgan fingerprint density at radius 2 is 2.00 bits per heavy atom. The molecule has 6 nitrogen and oxygen atoms in total. The maximum absolute atomic E-state index is 12.1. The van der Waals surface area contributed by atoms with E-state index >= 15 is 0 Å². The molecule has 1 aliphatic carbocycles. The van der Waals surface area contributed by atoms with Crippen LogP contribution in [-0.4, -0.2) is 32.2 Å². The van der Waals surface area contributed by atoms with Gasteiger partial charge in [-0.1, -0.05) is 6.08 Å². The SMILES string of the molecule is C=CCN=C1CC(=O)c2cc(S(N)(=O)=O)ccc2C1=O. The number of ketones is 2. The lowest BCUT2D eigenvalue weighted by atomic mass is 9.88. The molecule has 1 aromatic carbocycles. The summed E-state index contributed by atoms with van der Waals surface area (Å²) < 4.78 is 22.5. The molecule has 0 heterocycles. The van der Waals surface area contributed by atoms with Crippen molar-refractivity contribution in [3.05, 3.63) is 42.0 Å². The van der Waals surface area contributed by atoms with E-state index in [1.54, 1.807) is 0 Å². The van der Waals surface area contributed by atoms with Crippen molar-refractivity contribution in [3.8, 4) is 0 Å². The zero-order valence-electron chi connectivity index (χ0n) is 10.5. The van der Waals surface area contributed by atoms with Gasteiger partial charge in [-0.15, -0.1) is 6.58 Å². The van der Waals surface area contributed by atoms with Gasteiger partial charge < -0.3 is 0 Å². The number of carbonyl (C=O) groups is 2. The molecule has 2 rings (SSSR count). The Hall–Kier alpha value is -2.12. The molecular formula is C13H12N2O4S. The normalized spacial score (nSPS) is 17.1. The predicted octanol–water partition coefficient (Wildman–Crippen LogP) is 0.730. The molecule has 0 saturated carbocycles. The molecule has 104 valence electrons. The van der Waals surface area contributed by atoms with E-state index in [9.17, 15) is 18.0 Å². The maximum atomic E-state index is 12.1. The molecule has 0 saturated heterocycles. The Labute approximate surface area is 116 Å². The second kappa shape index (κ2) is 5.10. The van der Waals surface area contributed by atoms with Crippen LogP contribution < -0.4 is 5.14 Å². The van der Waals surface area contributed by atoms with Crippen molar-refractivity contribution in [1.29, 1.82) is 0 Å². The van der Waals surface area contributed by atoms with E-state index in [-0.39, 0.29) is 46.3 Å². The third kappa shape index (κ3) is 2.59. The fraction of sp³-hybridized carbons (Fsp3) is 0.154. The first-order valence-corrected chi connectivity index (χ1v) is 7.28. The Balaban J connectivity index is 2.54. The Morgan fingerprint density at radius 3 is 2.60 bits per heavy atom. The molecular weight excluding hydrogens is 280 g/mol. The van der Waals surface area contributed by atoms with Crippen molar-refractivity contribution in [1.82, 2.24) is 0 Å². The van der Waals surface area contributed by atoms with Gasteiger partial charge in [0.15, 0.2) is 5.78 Å². The summed E-state index contributed by atoms with van der Waals surface area (Å²) >= 11 is 0. The highest BCUT2D eigenvalue weighted by molar-refractivity contribution is 7.89. The summed E-state index contributed by atoms with van der Waals surface area (Å²) in [5.74, 6) is -0.727. The van der Waals surface area contributed by atoms with Crippen LogP contribution >= 0.6 is 0 Å². The summed E-state index contributed by atoms with van der Waals surface area (Å²) in [5, 5.41) is 5.00. The van der Waals surface area contributed by atoms with E-state index < -0.39 is 10.0 Å². The predicted molar refractivity (Wildman–Crippen MR) is 73.6 cm³/mol. The van der Waals surface area contributed by atoms with E-state index in [0.29, 0.717) is 0 Å². The summed E-state index contributed by atoms with van der Waals surface area (Å²) in [6, 6.07) is 3.63. The lowest BCUT2D eigenvalue weighted by Gasteiger charge is -2.16. The van der Waals surface area contributed by atoms with Gasteiger partial charge >= 0.3 is 0 Å². The maximum Gasteiger partial charge on any atom is 0.238 e. The topological polar surface area (TPSA) is 107 Å². The number of Topliss-reactive ketones (excluding diaryl/α,β-unsaturated/α-hetero) is 2. The van der Waals surface area contributed by atoms with Crippen LogP contribution in [0.5, 0.6) is 0 Å². The molecule has 1 aliphatic rings. The third-order valence-electron chi connectivity index (χ3n) is 2.87. The Kier molecular flexibility index (Phi) is 3.65. The van der Waals surface area contributed by atoms with Crippen molar-refractivity contribution in [2.75, 3.05) is 6.54 Å². The summed E-state index contributed by atoms with van der Waals surface area (Å²) in [7, 11) is -3.91. The van der Waals surface area contributed by atoms with Gasteiger partial charge in [-0.05, 0) is 18.2 Å². The molecule has 0 radical (unpaired) electrons. The third-order valence-corrected chi connectivity index (χ3v) is 3.78. The van der Waals surface area contributed by atoms with Gasteiger partial charge in [-0.2, -0.15) is 0 Å². The van der Waals surface area contributed by atoms with Gasteiger partial charge in [0, 0.05) is 11.1 Å². The first-order chi connectivity index (χ1) is 9.34. The van der Waals surface area contributed by atoms with Crippen LogP contribution in [0.25, 0.3) is 0 Å². The highest BCUT2D eigenvalue weighted by atomic mass is 32.2. The fourth-order valence-electron chi connectivity index (χ4n) is 1.91. The number of carbonyl (C=O) groups excluding carboxylic acids is 2. The number of primary sulfonamides is 1. The molecule has 0 aromatic heterocycles. The Morgan fingerprint density at radius 1 is 1.30 bits per heavy atom. The number of fused-ring (bicyclic) bond motifs is 1. The lowest BCUT2D eigenvalue weighted by Crippen LogP contribution is -2.28. The standard InChI is InChI=1S/C13H12N2O4S/c1-2-5-15-11-7-12(16)10-6-8(20(14,18)19)3-4-9(10)13(11)17/h2-4,6H,1,5,7H2,(H2,14,18,19). The summed E-state index contributed by atoms with van der Waals surface area (Å²) in [6.07, 6.45) is 1.37.